The van der Waals surface area contributed by atoms with Gasteiger partial charge in [-0.3, -0.25) is 4.79 Å². The van der Waals surface area contributed by atoms with Crippen molar-refractivity contribution >= 4 is 33.6 Å². The second-order valence-electron chi connectivity index (χ2n) is 7.06. The van der Waals surface area contributed by atoms with Gasteiger partial charge in [-0.15, -0.1) is 0 Å². The Balaban J connectivity index is 1.62. The second-order valence-corrected chi connectivity index (χ2v) is 9.40. The summed E-state index contributed by atoms with van der Waals surface area (Å²) in [4.78, 5) is 27.4. The Morgan fingerprint density at radius 2 is 1.67 bits per heavy atom. The normalized spacial score (nSPS) is 17.8. The van der Waals surface area contributed by atoms with E-state index in [1.165, 1.54) is 22.5 Å². The zero-order valence-electron chi connectivity index (χ0n) is 16.9. The van der Waals surface area contributed by atoms with Crippen LogP contribution >= 0.6 is 11.6 Å². The summed E-state index contributed by atoms with van der Waals surface area (Å²) in [6.45, 7) is 4.13. The number of rotatable bonds is 6. The summed E-state index contributed by atoms with van der Waals surface area (Å²) >= 11 is 6.02. The molecule has 2 aliphatic rings. The van der Waals surface area contributed by atoms with Crippen LogP contribution in [0, 0.1) is 0 Å². The summed E-state index contributed by atoms with van der Waals surface area (Å²) < 4.78 is 37.9. The molecule has 1 aromatic rings. The highest BCUT2D eigenvalue weighted by atomic mass is 35.5. The summed E-state index contributed by atoms with van der Waals surface area (Å²) in [5, 5.41) is 0.279. The molecule has 0 saturated carbocycles. The number of hydrogen-bond acceptors (Lipinski definition) is 6. The van der Waals surface area contributed by atoms with Crippen LogP contribution in [-0.2, 0) is 19.6 Å². The minimum Gasteiger partial charge on any atom is -0.482 e. The third-order valence-corrected chi connectivity index (χ3v) is 7.25. The molecule has 0 N–H and O–H groups in total. The average Bonchev–Trinajstić information content (AvgIpc) is 3.29. The fraction of sp³-hybridized carbons (Fsp3) is 0.579. The van der Waals surface area contributed by atoms with Crippen molar-refractivity contribution in [2.75, 3.05) is 52.5 Å². The molecule has 9 nitrogen and oxygen atoms in total. The van der Waals surface area contributed by atoms with Crippen molar-refractivity contribution in [2.24, 2.45) is 0 Å². The third-order valence-electron chi connectivity index (χ3n) is 5.10. The minimum atomic E-state index is -3.75. The standard InChI is InChI=1S/C19H26ClN3O6S/c1-2-28-19(25)22-11-9-21(10-12-22)18(24)14-29-16-6-5-15(20)13-17(16)30(26,27)23-7-3-4-8-23/h5-6,13H,2-4,7-12,14H2,1H3. The van der Waals surface area contributed by atoms with E-state index in [1.807, 2.05) is 0 Å². The molecule has 11 heteroatoms. The summed E-state index contributed by atoms with van der Waals surface area (Å²) in [6, 6.07) is 4.35. The summed E-state index contributed by atoms with van der Waals surface area (Å²) in [5.41, 5.74) is 0. The van der Waals surface area contributed by atoms with Gasteiger partial charge in [-0.05, 0) is 38.0 Å². The molecule has 30 heavy (non-hydrogen) atoms. The molecule has 2 heterocycles. The number of ether oxygens (including phenoxy) is 2. The van der Waals surface area contributed by atoms with Crippen LogP contribution in [0.3, 0.4) is 0 Å². The van der Waals surface area contributed by atoms with Gasteiger partial charge in [0, 0.05) is 44.3 Å². The molecule has 166 valence electrons. The predicted octanol–water partition coefficient (Wildman–Crippen LogP) is 1.80. The molecule has 2 fully saturated rings. The van der Waals surface area contributed by atoms with Crippen LogP contribution in [0.1, 0.15) is 19.8 Å². The molecule has 0 unspecified atom stereocenters. The highest BCUT2D eigenvalue weighted by Gasteiger charge is 2.31. The Morgan fingerprint density at radius 3 is 2.30 bits per heavy atom. The quantitative estimate of drug-likeness (QED) is 0.643. The van der Waals surface area contributed by atoms with Gasteiger partial charge in [-0.2, -0.15) is 4.31 Å². The number of piperazine rings is 1. The molecule has 2 aliphatic heterocycles. The van der Waals surface area contributed by atoms with Crippen molar-refractivity contribution < 1.29 is 27.5 Å². The molecule has 0 atom stereocenters. The third kappa shape index (κ3) is 5.16. The monoisotopic (exact) mass is 459 g/mol. The first-order valence-corrected chi connectivity index (χ1v) is 11.8. The molecule has 0 radical (unpaired) electrons. The topological polar surface area (TPSA) is 96.5 Å². The fourth-order valence-corrected chi connectivity index (χ4v) is 5.37. The number of halogens is 1. The number of benzene rings is 1. The van der Waals surface area contributed by atoms with Crippen LogP contribution in [0.15, 0.2) is 23.1 Å². The van der Waals surface area contributed by atoms with Gasteiger partial charge < -0.3 is 19.3 Å². The van der Waals surface area contributed by atoms with E-state index in [9.17, 15) is 18.0 Å². The highest BCUT2D eigenvalue weighted by molar-refractivity contribution is 7.89. The van der Waals surface area contributed by atoms with E-state index in [4.69, 9.17) is 21.1 Å². The van der Waals surface area contributed by atoms with Crippen molar-refractivity contribution in [2.45, 2.75) is 24.7 Å². The lowest BCUT2D eigenvalue weighted by atomic mass is 10.3. The Hall–Kier alpha value is -2.04. The zero-order valence-corrected chi connectivity index (χ0v) is 18.5. The van der Waals surface area contributed by atoms with Crippen molar-refractivity contribution in [1.29, 1.82) is 0 Å². The molecule has 0 aliphatic carbocycles. The van der Waals surface area contributed by atoms with Gasteiger partial charge in [0.2, 0.25) is 10.0 Å². The number of carbonyl (C=O) groups is 2. The fourth-order valence-electron chi connectivity index (χ4n) is 3.45. The van der Waals surface area contributed by atoms with Gasteiger partial charge in [0.25, 0.3) is 5.91 Å². The molecule has 1 aromatic carbocycles. The molecule has 0 spiro atoms. The predicted molar refractivity (Wildman–Crippen MR) is 110 cm³/mol. The van der Waals surface area contributed by atoms with E-state index in [-0.39, 0.29) is 28.2 Å². The maximum atomic E-state index is 12.9. The Bertz CT molecular complexity index is 880. The van der Waals surface area contributed by atoms with E-state index in [0.717, 1.165) is 12.8 Å². The zero-order chi connectivity index (χ0) is 21.7. The lowest BCUT2D eigenvalue weighted by Crippen LogP contribution is -2.51. The van der Waals surface area contributed by atoms with Crippen molar-refractivity contribution in [3.8, 4) is 5.75 Å². The number of amides is 2. The van der Waals surface area contributed by atoms with E-state index >= 15 is 0 Å². The van der Waals surface area contributed by atoms with Gasteiger partial charge in [0.1, 0.15) is 10.6 Å². The highest BCUT2D eigenvalue weighted by Crippen LogP contribution is 2.31. The molecule has 0 aromatic heterocycles. The minimum absolute atomic E-state index is 0.0307. The van der Waals surface area contributed by atoms with Gasteiger partial charge in [0.05, 0.1) is 6.61 Å². The second kappa shape index (κ2) is 9.84. The molecule has 2 saturated heterocycles. The molecule has 3 rings (SSSR count). The van der Waals surface area contributed by atoms with Crippen molar-refractivity contribution in [3.63, 3.8) is 0 Å². The molecule has 2 amide bonds. The van der Waals surface area contributed by atoms with Crippen LogP contribution < -0.4 is 4.74 Å². The summed E-state index contributed by atoms with van der Waals surface area (Å²) in [5.74, 6) is -0.178. The van der Waals surface area contributed by atoms with Crippen LogP contribution in [0.2, 0.25) is 5.02 Å². The first-order chi connectivity index (χ1) is 14.3. The lowest BCUT2D eigenvalue weighted by molar-refractivity contribution is -0.135. The van der Waals surface area contributed by atoms with Gasteiger partial charge in [-0.1, -0.05) is 11.6 Å². The average molecular weight is 460 g/mol. The Kier molecular flexibility index (Phi) is 7.43. The van der Waals surface area contributed by atoms with Gasteiger partial charge in [0.15, 0.2) is 6.61 Å². The van der Waals surface area contributed by atoms with Crippen LogP contribution in [0.5, 0.6) is 5.75 Å². The van der Waals surface area contributed by atoms with E-state index in [2.05, 4.69) is 0 Å². The molecule has 0 bridgehead atoms. The molecular formula is C19H26ClN3O6S. The van der Waals surface area contributed by atoms with Crippen LogP contribution in [0.4, 0.5) is 4.79 Å². The SMILES string of the molecule is CCOC(=O)N1CCN(C(=O)COc2ccc(Cl)cc2S(=O)(=O)N2CCCC2)CC1. The maximum Gasteiger partial charge on any atom is 0.409 e. The van der Waals surface area contributed by atoms with Gasteiger partial charge >= 0.3 is 6.09 Å². The van der Waals surface area contributed by atoms with Gasteiger partial charge in [-0.25, -0.2) is 13.2 Å². The first-order valence-electron chi connectivity index (χ1n) is 9.95. The van der Waals surface area contributed by atoms with E-state index < -0.39 is 16.1 Å². The van der Waals surface area contributed by atoms with Crippen molar-refractivity contribution in [3.05, 3.63) is 23.2 Å². The van der Waals surface area contributed by atoms with Crippen LogP contribution in [0.25, 0.3) is 0 Å². The van der Waals surface area contributed by atoms with E-state index in [0.29, 0.717) is 45.9 Å². The summed E-state index contributed by atoms with van der Waals surface area (Å²) in [7, 11) is -3.75. The smallest absolute Gasteiger partial charge is 0.409 e. The number of sulfonamides is 1. The van der Waals surface area contributed by atoms with E-state index in [1.54, 1.807) is 16.7 Å². The number of carbonyl (C=O) groups excluding carboxylic acids is 2. The van der Waals surface area contributed by atoms with Crippen molar-refractivity contribution in [1.82, 2.24) is 14.1 Å². The first kappa shape index (κ1) is 22.6. The largest absolute Gasteiger partial charge is 0.482 e. The Labute approximate surface area is 181 Å². The number of hydrogen-bond donors (Lipinski definition) is 0. The summed E-state index contributed by atoms with van der Waals surface area (Å²) in [6.07, 6.45) is 1.23. The Morgan fingerprint density at radius 1 is 1.03 bits per heavy atom. The maximum absolute atomic E-state index is 12.9. The van der Waals surface area contributed by atoms with Crippen LogP contribution in [-0.4, -0.2) is 87.0 Å². The number of nitrogens with zero attached hydrogens (tertiary/aromatic N) is 3. The molecular weight excluding hydrogens is 434 g/mol. The lowest BCUT2D eigenvalue weighted by Gasteiger charge is -2.34.